The van der Waals surface area contributed by atoms with E-state index in [0.717, 1.165) is 25.0 Å². The molecule has 112 valence electrons. The van der Waals surface area contributed by atoms with E-state index in [4.69, 9.17) is 10.5 Å². The van der Waals surface area contributed by atoms with Crippen LogP contribution in [0.2, 0.25) is 0 Å². The highest BCUT2D eigenvalue weighted by Crippen LogP contribution is 2.23. The van der Waals surface area contributed by atoms with E-state index < -0.39 is 10.0 Å². The van der Waals surface area contributed by atoms with Crippen LogP contribution in [0.25, 0.3) is 0 Å². The molecular formula is C14H22N2O3S. The zero-order valence-corrected chi connectivity index (χ0v) is 12.8. The topological polar surface area (TPSA) is 81.4 Å². The third-order valence-electron chi connectivity index (χ3n) is 3.62. The van der Waals surface area contributed by atoms with Crippen LogP contribution in [0, 0.1) is 13.8 Å². The predicted molar refractivity (Wildman–Crippen MR) is 79.1 cm³/mol. The maximum Gasteiger partial charge on any atom is 0.240 e. The van der Waals surface area contributed by atoms with Crippen molar-refractivity contribution in [1.29, 1.82) is 0 Å². The van der Waals surface area contributed by atoms with Crippen LogP contribution < -0.4 is 10.5 Å². The van der Waals surface area contributed by atoms with Crippen LogP contribution in [0.15, 0.2) is 17.0 Å². The van der Waals surface area contributed by atoms with E-state index in [9.17, 15) is 8.42 Å². The maximum absolute atomic E-state index is 12.3. The molecule has 0 radical (unpaired) electrons. The van der Waals surface area contributed by atoms with Crippen molar-refractivity contribution in [3.8, 4) is 0 Å². The molecule has 0 spiro atoms. The van der Waals surface area contributed by atoms with Gasteiger partial charge in [-0.2, -0.15) is 0 Å². The van der Waals surface area contributed by atoms with Gasteiger partial charge in [0, 0.05) is 18.8 Å². The second-order valence-corrected chi connectivity index (χ2v) is 7.03. The van der Waals surface area contributed by atoms with E-state index in [1.54, 1.807) is 19.1 Å². The average molecular weight is 298 g/mol. The first-order valence-corrected chi connectivity index (χ1v) is 8.36. The van der Waals surface area contributed by atoms with E-state index in [1.165, 1.54) is 0 Å². The molecule has 1 aromatic carbocycles. The summed E-state index contributed by atoms with van der Waals surface area (Å²) in [6, 6.07) is 3.43. The van der Waals surface area contributed by atoms with Gasteiger partial charge in [0.05, 0.1) is 11.0 Å². The summed E-state index contributed by atoms with van der Waals surface area (Å²) < 4.78 is 32.8. The first kappa shape index (κ1) is 15.3. The van der Waals surface area contributed by atoms with E-state index >= 15 is 0 Å². The first-order valence-electron chi connectivity index (χ1n) is 6.88. The zero-order valence-electron chi connectivity index (χ0n) is 12.0. The normalized spacial score (nSPS) is 19.4. The fourth-order valence-electron chi connectivity index (χ4n) is 2.44. The van der Waals surface area contributed by atoms with Crippen LogP contribution in [0.4, 0.5) is 5.69 Å². The Hall–Kier alpha value is -1.11. The van der Waals surface area contributed by atoms with Gasteiger partial charge in [-0.05, 0) is 56.4 Å². The largest absolute Gasteiger partial charge is 0.398 e. The zero-order chi connectivity index (χ0) is 14.8. The van der Waals surface area contributed by atoms with Crippen LogP contribution in [-0.4, -0.2) is 27.7 Å². The number of nitrogen functional groups attached to an aromatic ring is 1. The minimum absolute atomic E-state index is 0.182. The van der Waals surface area contributed by atoms with Crippen molar-refractivity contribution in [2.45, 2.75) is 44.1 Å². The molecule has 3 N–H and O–H groups in total. The number of hydrogen-bond acceptors (Lipinski definition) is 4. The Kier molecular flexibility index (Phi) is 4.67. The molecule has 0 amide bonds. The van der Waals surface area contributed by atoms with Gasteiger partial charge < -0.3 is 10.5 Å². The Morgan fingerprint density at radius 2 is 2.15 bits per heavy atom. The molecule has 1 unspecified atom stereocenters. The van der Waals surface area contributed by atoms with Crippen LogP contribution >= 0.6 is 0 Å². The number of rotatable bonds is 5. The summed E-state index contributed by atoms with van der Waals surface area (Å²) in [6.07, 6.45) is 2.96. The Balaban J connectivity index is 2.06. The average Bonchev–Trinajstić information content (AvgIpc) is 2.86. The van der Waals surface area contributed by atoms with Crippen molar-refractivity contribution in [1.82, 2.24) is 4.72 Å². The van der Waals surface area contributed by atoms with Gasteiger partial charge in [0.25, 0.3) is 0 Å². The van der Waals surface area contributed by atoms with Crippen molar-refractivity contribution in [2.24, 2.45) is 0 Å². The smallest absolute Gasteiger partial charge is 0.240 e. The summed E-state index contributed by atoms with van der Waals surface area (Å²) >= 11 is 0. The summed E-state index contributed by atoms with van der Waals surface area (Å²) in [7, 11) is -3.51. The Bertz CT molecular complexity index is 578. The van der Waals surface area contributed by atoms with Gasteiger partial charge in [0.15, 0.2) is 0 Å². The van der Waals surface area contributed by atoms with E-state index in [-0.39, 0.29) is 11.0 Å². The fraction of sp³-hybridized carbons (Fsp3) is 0.571. The highest BCUT2D eigenvalue weighted by molar-refractivity contribution is 7.89. The molecule has 5 nitrogen and oxygen atoms in total. The molecule has 1 aromatic rings. The van der Waals surface area contributed by atoms with Gasteiger partial charge in [0.1, 0.15) is 0 Å². The molecule has 20 heavy (non-hydrogen) atoms. The van der Waals surface area contributed by atoms with Gasteiger partial charge >= 0.3 is 0 Å². The molecule has 0 bridgehead atoms. The second-order valence-electron chi connectivity index (χ2n) is 5.30. The molecule has 6 heteroatoms. The lowest BCUT2D eigenvalue weighted by Gasteiger charge is -2.13. The monoisotopic (exact) mass is 298 g/mol. The molecule has 0 aliphatic carbocycles. The van der Waals surface area contributed by atoms with Gasteiger partial charge in [-0.25, -0.2) is 13.1 Å². The summed E-state index contributed by atoms with van der Waals surface area (Å²) in [5.41, 5.74) is 7.78. The van der Waals surface area contributed by atoms with Crippen molar-refractivity contribution in [3.63, 3.8) is 0 Å². The number of ether oxygens (including phenoxy) is 1. The van der Waals surface area contributed by atoms with Crippen LogP contribution in [0.1, 0.15) is 30.4 Å². The molecule has 1 saturated heterocycles. The van der Waals surface area contributed by atoms with E-state index in [1.807, 2.05) is 6.92 Å². The summed E-state index contributed by atoms with van der Waals surface area (Å²) in [5, 5.41) is 0. The van der Waals surface area contributed by atoms with E-state index in [2.05, 4.69) is 4.72 Å². The Labute approximate surface area is 120 Å². The number of nitrogens with two attached hydrogens (primary N) is 1. The quantitative estimate of drug-likeness (QED) is 0.811. The number of hydrogen-bond donors (Lipinski definition) is 2. The SMILES string of the molecule is Cc1cc(N)c(C)c(S(=O)(=O)NCCC2CCCO2)c1. The third-order valence-corrected chi connectivity index (χ3v) is 5.20. The maximum atomic E-state index is 12.3. The van der Waals surface area contributed by atoms with Gasteiger partial charge in [-0.1, -0.05) is 0 Å². The number of nitrogens with one attached hydrogen (secondary N) is 1. The van der Waals surface area contributed by atoms with Crippen molar-refractivity contribution in [3.05, 3.63) is 23.3 Å². The second kappa shape index (κ2) is 6.11. The molecule has 1 fully saturated rings. The molecule has 1 atom stereocenters. The lowest BCUT2D eigenvalue weighted by atomic mass is 10.1. The van der Waals surface area contributed by atoms with Crippen molar-refractivity contribution in [2.75, 3.05) is 18.9 Å². The predicted octanol–water partition coefficient (Wildman–Crippen LogP) is 1.73. The standard InChI is InChI=1S/C14H22N2O3S/c1-10-8-13(15)11(2)14(9-10)20(17,18)16-6-5-12-4-3-7-19-12/h8-9,12,16H,3-7,15H2,1-2H3. The van der Waals surface area contributed by atoms with Gasteiger partial charge in [-0.3, -0.25) is 0 Å². The Morgan fingerprint density at radius 1 is 1.40 bits per heavy atom. The highest BCUT2D eigenvalue weighted by Gasteiger charge is 2.20. The van der Waals surface area contributed by atoms with Crippen LogP contribution in [0.3, 0.4) is 0 Å². The molecule has 0 aromatic heterocycles. The third kappa shape index (κ3) is 3.50. The minimum atomic E-state index is -3.51. The van der Waals surface area contributed by atoms with Crippen LogP contribution in [0.5, 0.6) is 0 Å². The van der Waals surface area contributed by atoms with Crippen LogP contribution in [-0.2, 0) is 14.8 Å². The molecule has 0 saturated carbocycles. The number of aryl methyl sites for hydroxylation is 1. The molecule has 1 aliphatic rings. The Morgan fingerprint density at radius 3 is 2.80 bits per heavy atom. The summed E-state index contributed by atoms with van der Waals surface area (Å²) in [6.45, 7) is 4.73. The first-order chi connectivity index (χ1) is 9.40. The van der Waals surface area contributed by atoms with Gasteiger partial charge in [-0.15, -0.1) is 0 Å². The molecular weight excluding hydrogens is 276 g/mol. The molecule has 1 aliphatic heterocycles. The highest BCUT2D eigenvalue weighted by atomic mass is 32.2. The number of benzene rings is 1. The number of anilines is 1. The number of sulfonamides is 1. The van der Waals surface area contributed by atoms with Crippen molar-refractivity contribution >= 4 is 15.7 Å². The summed E-state index contributed by atoms with van der Waals surface area (Å²) in [5.74, 6) is 0. The van der Waals surface area contributed by atoms with Crippen molar-refractivity contribution < 1.29 is 13.2 Å². The fourth-order valence-corrected chi connectivity index (χ4v) is 3.84. The lowest BCUT2D eigenvalue weighted by Crippen LogP contribution is -2.28. The summed E-state index contributed by atoms with van der Waals surface area (Å²) in [4.78, 5) is 0.266. The molecule has 2 rings (SSSR count). The van der Waals surface area contributed by atoms with E-state index in [0.29, 0.717) is 24.2 Å². The van der Waals surface area contributed by atoms with Gasteiger partial charge in [0.2, 0.25) is 10.0 Å². The molecule has 1 heterocycles. The minimum Gasteiger partial charge on any atom is -0.398 e. The lowest BCUT2D eigenvalue weighted by molar-refractivity contribution is 0.105.